The molecular weight excluding hydrogens is 294 g/mol. The van der Waals surface area contributed by atoms with Gasteiger partial charge in [-0.25, -0.2) is 13.2 Å². The molecule has 3 atom stereocenters. The van der Waals surface area contributed by atoms with Crippen molar-refractivity contribution in [2.24, 2.45) is 5.92 Å². The zero-order valence-corrected chi connectivity index (χ0v) is 13.1. The van der Waals surface area contributed by atoms with E-state index in [-0.39, 0.29) is 30.5 Å². The second-order valence-electron chi connectivity index (χ2n) is 6.24. The van der Waals surface area contributed by atoms with Gasteiger partial charge in [-0.05, 0) is 31.6 Å². The van der Waals surface area contributed by atoms with Crippen LogP contribution < -0.4 is 0 Å². The van der Waals surface area contributed by atoms with Gasteiger partial charge in [0.25, 0.3) is 0 Å². The number of fused-ring (bicyclic) bond motifs is 1. The van der Waals surface area contributed by atoms with E-state index in [1.165, 1.54) is 4.90 Å². The average Bonchev–Trinajstić information content (AvgIpc) is 2.76. The van der Waals surface area contributed by atoms with Gasteiger partial charge in [-0.2, -0.15) is 0 Å². The molecule has 0 aromatic heterocycles. The van der Waals surface area contributed by atoms with Gasteiger partial charge in [0, 0.05) is 18.7 Å². The second kappa shape index (κ2) is 6.34. The van der Waals surface area contributed by atoms with Crippen LogP contribution in [0.1, 0.15) is 44.9 Å². The van der Waals surface area contributed by atoms with Gasteiger partial charge in [0.2, 0.25) is 5.91 Å². The van der Waals surface area contributed by atoms with Crippen LogP contribution in [-0.4, -0.2) is 54.4 Å². The van der Waals surface area contributed by atoms with E-state index in [0.717, 1.165) is 31.9 Å². The second-order valence-corrected chi connectivity index (χ2v) is 8.50. The van der Waals surface area contributed by atoms with Gasteiger partial charge < -0.3 is 10.0 Å². The molecule has 6 nitrogen and oxygen atoms in total. The molecule has 3 unspecified atom stereocenters. The number of likely N-dealkylation sites (tertiary alicyclic amines) is 1. The summed E-state index contributed by atoms with van der Waals surface area (Å²) in [5.41, 5.74) is 0. The van der Waals surface area contributed by atoms with E-state index in [1.807, 2.05) is 0 Å². The van der Waals surface area contributed by atoms with Crippen molar-refractivity contribution in [3.05, 3.63) is 0 Å². The molecule has 0 spiro atoms. The summed E-state index contributed by atoms with van der Waals surface area (Å²) in [6.07, 6.45) is 6.04. The summed E-state index contributed by atoms with van der Waals surface area (Å²) < 4.78 is 22.2. The minimum Gasteiger partial charge on any atom is -0.480 e. The smallest absolute Gasteiger partial charge is 0.326 e. The van der Waals surface area contributed by atoms with Crippen LogP contribution in [0.3, 0.4) is 0 Å². The highest BCUT2D eigenvalue weighted by Crippen LogP contribution is 2.40. The Morgan fingerprint density at radius 1 is 1.24 bits per heavy atom. The number of carbonyl (C=O) groups is 2. The van der Waals surface area contributed by atoms with E-state index in [9.17, 15) is 23.1 Å². The Labute approximate surface area is 125 Å². The molecule has 21 heavy (non-hydrogen) atoms. The lowest BCUT2D eigenvalue weighted by Gasteiger charge is -2.33. The van der Waals surface area contributed by atoms with Crippen molar-refractivity contribution in [2.45, 2.75) is 57.0 Å². The van der Waals surface area contributed by atoms with Crippen LogP contribution in [0.5, 0.6) is 0 Å². The van der Waals surface area contributed by atoms with Crippen LogP contribution in [0.15, 0.2) is 0 Å². The lowest BCUT2D eigenvalue weighted by molar-refractivity contribution is -0.149. The highest BCUT2D eigenvalue weighted by molar-refractivity contribution is 7.90. The fourth-order valence-electron chi connectivity index (χ4n) is 3.65. The molecule has 1 aliphatic carbocycles. The van der Waals surface area contributed by atoms with E-state index >= 15 is 0 Å². The standard InChI is InChI=1S/C14H23NO5S/c1-21(19,20)8-4-7-13(16)15-11-6-3-2-5-10(11)9-12(15)14(17)18/h10-12H,2-9H2,1H3,(H,17,18). The predicted molar refractivity (Wildman–Crippen MR) is 77.6 cm³/mol. The molecule has 1 aliphatic heterocycles. The quantitative estimate of drug-likeness (QED) is 0.818. The number of hydrogen-bond acceptors (Lipinski definition) is 4. The van der Waals surface area contributed by atoms with E-state index in [4.69, 9.17) is 0 Å². The lowest BCUT2D eigenvalue weighted by Crippen LogP contribution is -2.46. The molecule has 0 radical (unpaired) electrons. The SMILES string of the molecule is CS(=O)(=O)CCCC(=O)N1C(C(=O)O)CC2CCCCC21. The number of nitrogens with zero attached hydrogens (tertiary/aromatic N) is 1. The van der Waals surface area contributed by atoms with Crippen LogP contribution in [-0.2, 0) is 19.4 Å². The maximum absolute atomic E-state index is 12.4. The largest absolute Gasteiger partial charge is 0.480 e. The normalized spacial score (nSPS) is 29.2. The van der Waals surface area contributed by atoms with Gasteiger partial charge in [0.15, 0.2) is 0 Å². The number of carbonyl (C=O) groups excluding carboxylic acids is 1. The van der Waals surface area contributed by atoms with Crippen molar-refractivity contribution >= 4 is 21.7 Å². The Balaban J connectivity index is 2.03. The number of rotatable bonds is 5. The summed E-state index contributed by atoms with van der Waals surface area (Å²) in [4.78, 5) is 25.3. The molecule has 1 saturated carbocycles. The van der Waals surface area contributed by atoms with Crippen molar-refractivity contribution in [1.82, 2.24) is 4.90 Å². The lowest BCUT2D eigenvalue weighted by atomic mass is 9.84. The minimum atomic E-state index is -3.08. The predicted octanol–water partition coefficient (Wildman–Crippen LogP) is 1.06. The maximum atomic E-state index is 12.4. The van der Waals surface area contributed by atoms with E-state index < -0.39 is 21.8 Å². The van der Waals surface area contributed by atoms with Crippen LogP contribution in [0.4, 0.5) is 0 Å². The molecule has 0 aromatic carbocycles. The molecule has 1 N–H and O–H groups in total. The van der Waals surface area contributed by atoms with Crippen molar-refractivity contribution in [3.63, 3.8) is 0 Å². The van der Waals surface area contributed by atoms with Gasteiger partial charge in [0.1, 0.15) is 15.9 Å². The van der Waals surface area contributed by atoms with E-state index in [2.05, 4.69) is 0 Å². The van der Waals surface area contributed by atoms with Crippen molar-refractivity contribution in [1.29, 1.82) is 0 Å². The van der Waals surface area contributed by atoms with Gasteiger partial charge in [-0.15, -0.1) is 0 Å². The number of carboxylic acid groups (broad SMARTS) is 1. The number of amides is 1. The summed E-state index contributed by atoms with van der Waals surface area (Å²) in [5, 5.41) is 9.34. The summed E-state index contributed by atoms with van der Waals surface area (Å²) in [7, 11) is -3.08. The molecule has 0 aromatic rings. The third-order valence-corrected chi connectivity index (χ3v) is 5.60. The highest BCUT2D eigenvalue weighted by atomic mass is 32.2. The summed E-state index contributed by atoms with van der Waals surface area (Å²) in [6, 6.07) is -0.700. The summed E-state index contributed by atoms with van der Waals surface area (Å²) >= 11 is 0. The van der Waals surface area contributed by atoms with E-state index in [0.29, 0.717) is 12.3 Å². The molecule has 2 fully saturated rings. The molecular formula is C14H23NO5S. The zero-order chi connectivity index (χ0) is 15.6. The van der Waals surface area contributed by atoms with Crippen LogP contribution in [0.2, 0.25) is 0 Å². The molecule has 1 heterocycles. The fraction of sp³-hybridized carbons (Fsp3) is 0.857. The van der Waals surface area contributed by atoms with Crippen LogP contribution in [0.25, 0.3) is 0 Å². The number of carboxylic acids is 1. The van der Waals surface area contributed by atoms with Gasteiger partial charge in [-0.3, -0.25) is 4.79 Å². The topological polar surface area (TPSA) is 91.8 Å². The first kappa shape index (κ1) is 16.3. The summed E-state index contributed by atoms with van der Waals surface area (Å²) in [5.74, 6) is -0.890. The monoisotopic (exact) mass is 317 g/mol. The molecule has 1 amide bonds. The first-order chi connectivity index (χ1) is 9.79. The van der Waals surface area contributed by atoms with E-state index in [1.54, 1.807) is 0 Å². The maximum Gasteiger partial charge on any atom is 0.326 e. The molecule has 1 saturated heterocycles. The van der Waals surface area contributed by atoms with Crippen molar-refractivity contribution in [3.8, 4) is 0 Å². The van der Waals surface area contributed by atoms with Crippen LogP contribution in [0, 0.1) is 5.92 Å². The Hall–Kier alpha value is -1.11. The molecule has 2 rings (SSSR count). The Morgan fingerprint density at radius 3 is 2.52 bits per heavy atom. The Morgan fingerprint density at radius 2 is 1.90 bits per heavy atom. The third-order valence-electron chi connectivity index (χ3n) is 4.57. The molecule has 2 aliphatic rings. The number of hydrogen-bond donors (Lipinski definition) is 1. The average molecular weight is 317 g/mol. The molecule has 0 bridgehead atoms. The van der Waals surface area contributed by atoms with Gasteiger partial charge >= 0.3 is 5.97 Å². The van der Waals surface area contributed by atoms with Gasteiger partial charge in [0.05, 0.1) is 5.75 Å². The van der Waals surface area contributed by atoms with Gasteiger partial charge in [-0.1, -0.05) is 12.8 Å². The molecule has 120 valence electrons. The minimum absolute atomic E-state index is 0.0294. The number of aliphatic carboxylic acids is 1. The number of sulfone groups is 1. The Kier molecular flexibility index (Phi) is 4.91. The summed E-state index contributed by atoms with van der Waals surface area (Å²) in [6.45, 7) is 0. The zero-order valence-electron chi connectivity index (χ0n) is 12.3. The third kappa shape index (κ3) is 3.96. The Bertz CT molecular complexity index is 515. The molecule has 7 heteroatoms. The fourth-order valence-corrected chi connectivity index (χ4v) is 4.32. The first-order valence-electron chi connectivity index (χ1n) is 7.51. The van der Waals surface area contributed by atoms with Crippen molar-refractivity contribution < 1.29 is 23.1 Å². The van der Waals surface area contributed by atoms with Crippen LogP contribution >= 0.6 is 0 Å². The van der Waals surface area contributed by atoms with Crippen molar-refractivity contribution in [2.75, 3.05) is 12.0 Å². The highest BCUT2D eigenvalue weighted by Gasteiger charge is 2.47. The first-order valence-corrected chi connectivity index (χ1v) is 9.57.